The van der Waals surface area contributed by atoms with E-state index in [2.05, 4.69) is 32.7 Å². The maximum Gasteiger partial charge on any atom is 0.255 e. The van der Waals surface area contributed by atoms with Crippen LogP contribution in [0, 0.1) is 6.92 Å². The minimum Gasteiger partial charge on any atom is -0.421 e. The summed E-state index contributed by atoms with van der Waals surface area (Å²) < 4.78 is 7.40. The summed E-state index contributed by atoms with van der Waals surface area (Å²) in [6.07, 6.45) is 5.98. The van der Waals surface area contributed by atoms with Gasteiger partial charge in [-0.3, -0.25) is 4.79 Å². The highest BCUT2D eigenvalue weighted by Crippen LogP contribution is 2.34. The average Bonchev–Trinajstić information content (AvgIpc) is 3.45. The number of carbonyl (C=O) groups is 1. The molecule has 3 aromatic heterocycles. The van der Waals surface area contributed by atoms with E-state index in [-0.39, 0.29) is 11.9 Å². The van der Waals surface area contributed by atoms with Gasteiger partial charge in [0.25, 0.3) is 5.91 Å². The number of aryl methyl sites for hydroxylation is 3. The average molecular weight is 387 g/mol. The van der Waals surface area contributed by atoms with Gasteiger partial charge in [0.05, 0.1) is 23.3 Å². The number of benzene rings is 1. The third-order valence-corrected chi connectivity index (χ3v) is 5.46. The second-order valence-electron chi connectivity index (χ2n) is 7.42. The predicted octanol–water partition coefficient (Wildman–Crippen LogP) is 3.67. The molecule has 0 unspecified atom stereocenters. The molecule has 146 valence electrons. The van der Waals surface area contributed by atoms with E-state index in [0.717, 1.165) is 41.5 Å². The molecule has 7 nitrogen and oxygen atoms in total. The van der Waals surface area contributed by atoms with Crippen molar-refractivity contribution < 1.29 is 9.21 Å². The first kappa shape index (κ1) is 17.6. The highest BCUT2D eigenvalue weighted by Gasteiger charge is 2.26. The lowest BCUT2D eigenvalue weighted by Gasteiger charge is -2.14. The topological polar surface area (TPSA) is 85.3 Å². The minimum atomic E-state index is -0.1000. The number of nitrogens with zero attached hydrogens (tertiary/aromatic N) is 4. The standard InChI is InChI=1S/C22H21N5O2/c1-3-20-25-26-22(29-20)15-4-6-16-14(11-15)5-7-18(16)24-21(28)17-12-23-27-9-8-13(2)10-19(17)27/h4,6,8-12,18H,3,5,7H2,1-2H3,(H,24,28)/t18-/m1/s1. The quantitative estimate of drug-likeness (QED) is 0.577. The van der Waals surface area contributed by atoms with Crippen LogP contribution in [0.25, 0.3) is 17.0 Å². The van der Waals surface area contributed by atoms with Gasteiger partial charge in [-0.25, -0.2) is 4.52 Å². The van der Waals surface area contributed by atoms with Gasteiger partial charge in [0.15, 0.2) is 0 Å². The normalized spacial score (nSPS) is 15.6. The van der Waals surface area contributed by atoms with Crippen molar-refractivity contribution in [2.75, 3.05) is 0 Å². The third-order valence-electron chi connectivity index (χ3n) is 5.46. The highest BCUT2D eigenvalue weighted by atomic mass is 16.4. The summed E-state index contributed by atoms with van der Waals surface area (Å²) in [6, 6.07) is 10.1. The summed E-state index contributed by atoms with van der Waals surface area (Å²) in [5.74, 6) is 1.07. The Morgan fingerprint density at radius 3 is 3.00 bits per heavy atom. The Hall–Kier alpha value is -3.48. The Morgan fingerprint density at radius 2 is 2.17 bits per heavy atom. The number of hydrogen-bond acceptors (Lipinski definition) is 5. The van der Waals surface area contributed by atoms with E-state index in [4.69, 9.17) is 4.42 Å². The van der Waals surface area contributed by atoms with E-state index in [1.165, 1.54) is 5.56 Å². The first-order chi connectivity index (χ1) is 14.1. The van der Waals surface area contributed by atoms with Crippen molar-refractivity contribution in [3.63, 3.8) is 0 Å². The van der Waals surface area contributed by atoms with E-state index in [9.17, 15) is 4.79 Å². The molecular weight excluding hydrogens is 366 g/mol. The number of pyridine rings is 1. The Bertz CT molecular complexity index is 1220. The molecule has 5 rings (SSSR count). The van der Waals surface area contributed by atoms with Crippen LogP contribution in [0.3, 0.4) is 0 Å². The molecule has 3 heterocycles. The summed E-state index contributed by atoms with van der Waals surface area (Å²) in [5.41, 5.74) is 5.78. The lowest BCUT2D eigenvalue weighted by molar-refractivity contribution is 0.0938. The van der Waals surface area contributed by atoms with Crippen molar-refractivity contribution in [1.29, 1.82) is 0 Å². The van der Waals surface area contributed by atoms with Crippen LogP contribution in [0.5, 0.6) is 0 Å². The molecule has 1 atom stereocenters. The summed E-state index contributed by atoms with van der Waals surface area (Å²) in [4.78, 5) is 12.9. The van der Waals surface area contributed by atoms with Gasteiger partial charge in [0, 0.05) is 18.2 Å². The van der Waals surface area contributed by atoms with Crippen LogP contribution in [-0.2, 0) is 12.8 Å². The molecule has 0 saturated heterocycles. The lowest BCUT2D eigenvalue weighted by Crippen LogP contribution is -2.27. The molecule has 0 aliphatic heterocycles. The maximum atomic E-state index is 12.9. The number of fused-ring (bicyclic) bond motifs is 2. The van der Waals surface area contributed by atoms with Crippen molar-refractivity contribution in [2.45, 2.75) is 39.2 Å². The maximum absolute atomic E-state index is 12.9. The van der Waals surface area contributed by atoms with Gasteiger partial charge >= 0.3 is 0 Å². The summed E-state index contributed by atoms with van der Waals surface area (Å²) in [7, 11) is 0. The summed E-state index contributed by atoms with van der Waals surface area (Å²) in [5, 5.41) is 15.6. The van der Waals surface area contributed by atoms with Gasteiger partial charge in [-0.1, -0.05) is 13.0 Å². The fourth-order valence-corrected chi connectivity index (χ4v) is 3.91. The Balaban J connectivity index is 1.39. The fourth-order valence-electron chi connectivity index (χ4n) is 3.91. The largest absolute Gasteiger partial charge is 0.421 e. The molecule has 0 saturated carbocycles. The molecule has 29 heavy (non-hydrogen) atoms. The Morgan fingerprint density at radius 1 is 1.28 bits per heavy atom. The van der Waals surface area contributed by atoms with E-state index >= 15 is 0 Å². The predicted molar refractivity (Wildman–Crippen MR) is 108 cm³/mol. The number of aromatic nitrogens is 4. The monoisotopic (exact) mass is 387 g/mol. The smallest absolute Gasteiger partial charge is 0.255 e. The van der Waals surface area contributed by atoms with Crippen LogP contribution in [0.4, 0.5) is 0 Å². The van der Waals surface area contributed by atoms with Crippen LogP contribution in [-0.4, -0.2) is 25.7 Å². The molecule has 7 heteroatoms. The van der Waals surface area contributed by atoms with E-state index in [1.54, 1.807) is 10.7 Å². The number of hydrogen-bond donors (Lipinski definition) is 1. The van der Waals surface area contributed by atoms with Crippen LogP contribution in [0.15, 0.2) is 47.1 Å². The molecule has 1 N–H and O–H groups in total. The zero-order valence-corrected chi connectivity index (χ0v) is 16.3. The molecule has 1 amide bonds. The lowest BCUT2D eigenvalue weighted by atomic mass is 10.0. The van der Waals surface area contributed by atoms with E-state index in [0.29, 0.717) is 17.3 Å². The van der Waals surface area contributed by atoms with Crippen molar-refractivity contribution in [3.8, 4) is 11.5 Å². The van der Waals surface area contributed by atoms with Crippen molar-refractivity contribution in [2.24, 2.45) is 0 Å². The van der Waals surface area contributed by atoms with Gasteiger partial charge in [-0.15, -0.1) is 10.2 Å². The molecule has 0 spiro atoms. The molecule has 1 aliphatic rings. The number of rotatable bonds is 4. The molecule has 1 aliphatic carbocycles. The first-order valence-electron chi connectivity index (χ1n) is 9.83. The van der Waals surface area contributed by atoms with Crippen molar-refractivity contribution in [1.82, 2.24) is 25.1 Å². The molecule has 0 radical (unpaired) electrons. The van der Waals surface area contributed by atoms with Crippen LogP contribution >= 0.6 is 0 Å². The number of carbonyl (C=O) groups excluding carboxylic acids is 1. The number of amides is 1. The Kier molecular flexibility index (Phi) is 4.16. The molecule has 0 bridgehead atoms. The first-order valence-corrected chi connectivity index (χ1v) is 9.83. The van der Waals surface area contributed by atoms with E-state index < -0.39 is 0 Å². The van der Waals surface area contributed by atoms with Crippen molar-refractivity contribution in [3.05, 3.63) is 70.9 Å². The zero-order valence-electron chi connectivity index (χ0n) is 16.3. The zero-order chi connectivity index (χ0) is 20.0. The van der Waals surface area contributed by atoms with Gasteiger partial charge in [0.2, 0.25) is 11.8 Å². The van der Waals surface area contributed by atoms with Crippen LogP contribution in [0.1, 0.15) is 52.3 Å². The van der Waals surface area contributed by atoms with Crippen LogP contribution in [0.2, 0.25) is 0 Å². The summed E-state index contributed by atoms with van der Waals surface area (Å²) >= 11 is 0. The molecular formula is C22H21N5O2. The summed E-state index contributed by atoms with van der Waals surface area (Å²) in [6.45, 7) is 3.99. The highest BCUT2D eigenvalue weighted by molar-refractivity contribution is 6.00. The molecule has 4 aromatic rings. The fraction of sp³-hybridized carbons (Fsp3) is 0.273. The second-order valence-corrected chi connectivity index (χ2v) is 7.42. The van der Waals surface area contributed by atoms with Gasteiger partial charge in [-0.2, -0.15) is 5.10 Å². The van der Waals surface area contributed by atoms with E-state index in [1.807, 2.05) is 38.2 Å². The van der Waals surface area contributed by atoms with Crippen molar-refractivity contribution >= 4 is 11.4 Å². The molecule has 1 aromatic carbocycles. The minimum absolute atomic E-state index is 0.0137. The van der Waals surface area contributed by atoms with Gasteiger partial charge < -0.3 is 9.73 Å². The SMILES string of the molecule is CCc1nnc(-c2ccc3c(c2)CC[C@H]3NC(=O)c2cnn3ccc(C)cc23)o1. The third kappa shape index (κ3) is 3.08. The van der Waals surface area contributed by atoms with Crippen LogP contribution < -0.4 is 5.32 Å². The Labute approximate surface area is 167 Å². The number of nitrogens with one attached hydrogen (secondary N) is 1. The van der Waals surface area contributed by atoms with Gasteiger partial charge in [0.1, 0.15) is 0 Å². The molecule has 0 fully saturated rings. The van der Waals surface area contributed by atoms with Gasteiger partial charge in [-0.05, 0) is 60.7 Å². The second kappa shape index (κ2) is 6.84.